The number of nitrogens with two attached hydrogens (primary N) is 1. The molecule has 3 heteroatoms. The van der Waals surface area contributed by atoms with Gasteiger partial charge in [-0.2, -0.15) is 0 Å². The van der Waals surface area contributed by atoms with Crippen molar-refractivity contribution in [2.45, 2.75) is 25.8 Å². The van der Waals surface area contributed by atoms with Gasteiger partial charge in [-0.05, 0) is 36.1 Å². The molecule has 2 atom stereocenters. The first kappa shape index (κ1) is 9.19. The molecule has 0 radical (unpaired) electrons. The van der Waals surface area contributed by atoms with E-state index in [0.717, 1.165) is 5.92 Å². The Balaban J connectivity index is 2.08. The molecule has 3 N–H and O–H groups in total. The third-order valence-corrected chi connectivity index (χ3v) is 3.88. The van der Waals surface area contributed by atoms with Gasteiger partial charge in [0.2, 0.25) is 0 Å². The summed E-state index contributed by atoms with van der Waals surface area (Å²) in [5.74, 6) is 7.15. The van der Waals surface area contributed by atoms with E-state index < -0.39 is 0 Å². The summed E-state index contributed by atoms with van der Waals surface area (Å²) in [4.78, 5) is 1.36. The van der Waals surface area contributed by atoms with Crippen molar-refractivity contribution in [2.75, 3.05) is 0 Å². The van der Waals surface area contributed by atoms with E-state index in [2.05, 4.69) is 29.9 Å². The Kier molecular flexibility index (Phi) is 2.67. The average Bonchev–Trinajstić information content (AvgIpc) is 2.86. The second kappa shape index (κ2) is 3.78. The molecule has 0 saturated heterocycles. The quantitative estimate of drug-likeness (QED) is 0.573. The molecule has 13 heavy (non-hydrogen) atoms. The van der Waals surface area contributed by atoms with Crippen LogP contribution in [-0.4, -0.2) is 0 Å². The Morgan fingerprint density at radius 3 is 2.85 bits per heavy atom. The fraction of sp³-hybridized carbons (Fsp3) is 0.600. The van der Waals surface area contributed by atoms with Gasteiger partial charge < -0.3 is 0 Å². The van der Waals surface area contributed by atoms with Crippen molar-refractivity contribution >= 4 is 11.3 Å². The zero-order chi connectivity index (χ0) is 9.26. The van der Waals surface area contributed by atoms with Crippen LogP contribution in [0.25, 0.3) is 0 Å². The lowest BCUT2D eigenvalue weighted by Gasteiger charge is -2.21. The predicted octanol–water partition coefficient (Wildman–Crippen LogP) is 2.30. The van der Waals surface area contributed by atoms with E-state index in [1.165, 1.54) is 17.7 Å². The van der Waals surface area contributed by atoms with Crippen LogP contribution >= 0.6 is 11.3 Å². The zero-order valence-electron chi connectivity index (χ0n) is 7.86. The van der Waals surface area contributed by atoms with Gasteiger partial charge in [0.05, 0.1) is 6.04 Å². The van der Waals surface area contributed by atoms with Gasteiger partial charge in [0.1, 0.15) is 0 Å². The smallest absolute Gasteiger partial charge is 0.0581 e. The summed E-state index contributed by atoms with van der Waals surface area (Å²) in [5, 5.41) is 2.11. The van der Waals surface area contributed by atoms with Crippen molar-refractivity contribution in [1.82, 2.24) is 5.43 Å². The van der Waals surface area contributed by atoms with Gasteiger partial charge in [0.15, 0.2) is 0 Å². The van der Waals surface area contributed by atoms with Gasteiger partial charge >= 0.3 is 0 Å². The molecular formula is C10H16N2S. The number of rotatable bonds is 4. The summed E-state index contributed by atoms with van der Waals surface area (Å²) in [7, 11) is 0. The second-order valence-corrected chi connectivity index (χ2v) is 4.84. The van der Waals surface area contributed by atoms with Crippen LogP contribution in [0, 0.1) is 11.8 Å². The van der Waals surface area contributed by atoms with Crippen LogP contribution in [0.4, 0.5) is 0 Å². The molecule has 2 unspecified atom stereocenters. The predicted molar refractivity (Wildman–Crippen MR) is 56.3 cm³/mol. The minimum Gasteiger partial charge on any atom is -0.271 e. The van der Waals surface area contributed by atoms with E-state index in [0.29, 0.717) is 12.0 Å². The lowest BCUT2D eigenvalue weighted by molar-refractivity contribution is 0.359. The molecule has 1 aliphatic rings. The highest BCUT2D eigenvalue weighted by Gasteiger charge is 2.33. The summed E-state index contributed by atoms with van der Waals surface area (Å²) in [5.41, 5.74) is 2.94. The maximum atomic E-state index is 5.59. The number of nitrogens with one attached hydrogen (secondary N) is 1. The lowest BCUT2D eigenvalue weighted by Crippen LogP contribution is -2.32. The minimum absolute atomic E-state index is 0.354. The molecule has 1 saturated carbocycles. The normalized spacial score (nSPS) is 21.4. The highest BCUT2D eigenvalue weighted by Crippen LogP contribution is 2.43. The average molecular weight is 196 g/mol. The van der Waals surface area contributed by atoms with Crippen LogP contribution in [0.15, 0.2) is 17.5 Å². The molecule has 0 amide bonds. The largest absolute Gasteiger partial charge is 0.271 e. The third-order valence-electron chi connectivity index (χ3n) is 2.92. The van der Waals surface area contributed by atoms with E-state index in [1.807, 2.05) is 0 Å². The molecule has 2 nitrogen and oxygen atoms in total. The van der Waals surface area contributed by atoms with Gasteiger partial charge in [-0.25, -0.2) is 0 Å². The van der Waals surface area contributed by atoms with Gasteiger partial charge in [-0.3, -0.25) is 11.3 Å². The molecule has 1 aliphatic carbocycles. The van der Waals surface area contributed by atoms with Crippen LogP contribution in [-0.2, 0) is 0 Å². The molecule has 0 aliphatic heterocycles. The topological polar surface area (TPSA) is 38.0 Å². The van der Waals surface area contributed by atoms with Gasteiger partial charge in [0, 0.05) is 4.88 Å². The molecule has 0 bridgehead atoms. The van der Waals surface area contributed by atoms with Gasteiger partial charge in [-0.15, -0.1) is 11.3 Å². The van der Waals surface area contributed by atoms with Crippen LogP contribution < -0.4 is 11.3 Å². The van der Waals surface area contributed by atoms with Crippen LogP contribution in [0.1, 0.15) is 30.7 Å². The van der Waals surface area contributed by atoms with Gasteiger partial charge in [-0.1, -0.05) is 13.0 Å². The van der Waals surface area contributed by atoms with E-state index in [1.54, 1.807) is 11.3 Å². The third kappa shape index (κ3) is 1.93. The summed E-state index contributed by atoms with van der Waals surface area (Å²) in [6.07, 6.45) is 2.76. The van der Waals surface area contributed by atoms with Crippen LogP contribution in [0.3, 0.4) is 0 Å². The van der Waals surface area contributed by atoms with Crippen molar-refractivity contribution in [3.8, 4) is 0 Å². The lowest BCUT2D eigenvalue weighted by atomic mass is 9.96. The Morgan fingerprint density at radius 2 is 2.38 bits per heavy atom. The molecule has 1 aromatic heterocycles. The van der Waals surface area contributed by atoms with Crippen molar-refractivity contribution < 1.29 is 0 Å². The second-order valence-electron chi connectivity index (χ2n) is 3.86. The van der Waals surface area contributed by atoms with E-state index in [4.69, 9.17) is 5.84 Å². The molecule has 0 aromatic carbocycles. The van der Waals surface area contributed by atoms with E-state index in [-0.39, 0.29) is 0 Å². The van der Waals surface area contributed by atoms with E-state index in [9.17, 15) is 0 Å². The van der Waals surface area contributed by atoms with E-state index >= 15 is 0 Å². The molecular weight excluding hydrogens is 180 g/mol. The molecule has 1 heterocycles. The minimum atomic E-state index is 0.354. The van der Waals surface area contributed by atoms with Crippen LogP contribution in [0.5, 0.6) is 0 Å². The number of hydrogen-bond acceptors (Lipinski definition) is 3. The number of hydrogen-bond donors (Lipinski definition) is 2. The van der Waals surface area contributed by atoms with Gasteiger partial charge in [0.25, 0.3) is 0 Å². The summed E-state index contributed by atoms with van der Waals surface area (Å²) in [6.45, 7) is 2.29. The summed E-state index contributed by atoms with van der Waals surface area (Å²) in [6, 6.07) is 4.60. The zero-order valence-corrected chi connectivity index (χ0v) is 8.68. The molecule has 72 valence electrons. The fourth-order valence-electron chi connectivity index (χ4n) is 1.86. The highest BCUT2D eigenvalue weighted by atomic mass is 32.1. The molecule has 1 fully saturated rings. The van der Waals surface area contributed by atoms with Crippen molar-refractivity contribution in [3.63, 3.8) is 0 Å². The molecule has 0 spiro atoms. The SMILES string of the molecule is CC(C1CC1)C(NN)c1cccs1. The first-order valence-electron chi connectivity index (χ1n) is 4.82. The number of thiophene rings is 1. The Morgan fingerprint density at radius 1 is 1.62 bits per heavy atom. The van der Waals surface area contributed by atoms with Crippen molar-refractivity contribution in [2.24, 2.45) is 17.7 Å². The maximum absolute atomic E-state index is 5.59. The monoisotopic (exact) mass is 196 g/mol. The summed E-state index contributed by atoms with van der Waals surface area (Å²) < 4.78 is 0. The van der Waals surface area contributed by atoms with Crippen LogP contribution in [0.2, 0.25) is 0 Å². The Labute approximate surface area is 83.1 Å². The fourth-order valence-corrected chi connectivity index (χ4v) is 2.76. The summed E-state index contributed by atoms with van der Waals surface area (Å²) >= 11 is 1.79. The number of hydrazine groups is 1. The van der Waals surface area contributed by atoms with Crippen molar-refractivity contribution in [3.05, 3.63) is 22.4 Å². The standard InChI is InChI=1S/C10H16N2S/c1-7(8-4-5-8)10(12-11)9-3-2-6-13-9/h2-3,6-8,10,12H,4-5,11H2,1H3. The van der Waals surface area contributed by atoms with Crippen molar-refractivity contribution in [1.29, 1.82) is 0 Å². The highest BCUT2D eigenvalue weighted by molar-refractivity contribution is 7.10. The molecule has 1 aromatic rings. The first-order valence-corrected chi connectivity index (χ1v) is 5.70. The Hall–Kier alpha value is -0.380. The Bertz CT molecular complexity index is 254. The molecule has 2 rings (SSSR count). The first-order chi connectivity index (χ1) is 6.33. The maximum Gasteiger partial charge on any atom is 0.0581 e.